The fourth-order valence-electron chi connectivity index (χ4n) is 3.47. The van der Waals surface area contributed by atoms with Gasteiger partial charge in [-0.15, -0.1) is 6.58 Å². The van der Waals surface area contributed by atoms with Crippen molar-refractivity contribution in [3.63, 3.8) is 0 Å². The number of allylic oxidation sites excluding steroid dienone is 3. The SMILES string of the molecule is C=CC1(C)CCC2=C(C)C(C)(C)CCC21. The number of hydrogen-bond donors (Lipinski definition) is 0. The summed E-state index contributed by atoms with van der Waals surface area (Å²) >= 11 is 0. The number of rotatable bonds is 1. The molecule has 2 atom stereocenters. The van der Waals surface area contributed by atoms with E-state index in [-0.39, 0.29) is 0 Å². The van der Waals surface area contributed by atoms with Gasteiger partial charge in [0, 0.05) is 0 Å². The van der Waals surface area contributed by atoms with E-state index in [4.69, 9.17) is 0 Å². The Morgan fingerprint density at radius 3 is 2.53 bits per heavy atom. The highest BCUT2D eigenvalue weighted by molar-refractivity contribution is 5.31. The average Bonchev–Trinajstić information content (AvgIpc) is 2.52. The third-order valence-corrected chi connectivity index (χ3v) is 5.17. The molecule has 0 aromatic rings. The van der Waals surface area contributed by atoms with Gasteiger partial charge in [-0.1, -0.05) is 38.0 Å². The van der Waals surface area contributed by atoms with Crippen LogP contribution in [0.25, 0.3) is 0 Å². The van der Waals surface area contributed by atoms with E-state index in [1.54, 1.807) is 11.1 Å². The van der Waals surface area contributed by atoms with Crippen molar-refractivity contribution in [1.29, 1.82) is 0 Å². The third kappa shape index (κ3) is 1.49. The Bertz CT molecular complexity index is 319. The van der Waals surface area contributed by atoms with Gasteiger partial charge in [0.2, 0.25) is 0 Å². The minimum atomic E-state index is 0.382. The van der Waals surface area contributed by atoms with Gasteiger partial charge in [-0.05, 0) is 49.4 Å². The summed E-state index contributed by atoms with van der Waals surface area (Å²) in [5, 5.41) is 0. The maximum Gasteiger partial charge on any atom is -0.00806 e. The van der Waals surface area contributed by atoms with E-state index in [9.17, 15) is 0 Å². The quantitative estimate of drug-likeness (QED) is 0.542. The van der Waals surface area contributed by atoms with Crippen LogP contribution >= 0.6 is 0 Å². The van der Waals surface area contributed by atoms with Crippen molar-refractivity contribution in [3.8, 4) is 0 Å². The number of fused-ring (bicyclic) bond motifs is 1. The van der Waals surface area contributed by atoms with Crippen LogP contribution in [0.1, 0.15) is 53.4 Å². The molecule has 0 radical (unpaired) electrons. The van der Waals surface area contributed by atoms with E-state index in [0.29, 0.717) is 10.8 Å². The fourth-order valence-corrected chi connectivity index (χ4v) is 3.47. The molecule has 0 spiro atoms. The van der Waals surface area contributed by atoms with E-state index in [1.165, 1.54) is 25.7 Å². The summed E-state index contributed by atoms with van der Waals surface area (Å²) in [5.41, 5.74) is 4.25. The predicted molar refractivity (Wildman–Crippen MR) is 66.7 cm³/mol. The van der Waals surface area contributed by atoms with E-state index in [2.05, 4.69) is 40.3 Å². The van der Waals surface area contributed by atoms with Gasteiger partial charge in [0.25, 0.3) is 0 Å². The van der Waals surface area contributed by atoms with Gasteiger partial charge < -0.3 is 0 Å². The molecule has 0 heteroatoms. The molecule has 0 aromatic heterocycles. The maximum absolute atomic E-state index is 4.04. The van der Waals surface area contributed by atoms with Crippen molar-refractivity contribution >= 4 is 0 Å². The molecular weight excluding hydrogens is 180 g/mol. The van der Waals surface area contributed by atoms with Gasteiger partial charge in [-0.25, -0.2) is 0 Å². The largest absolute Gasteiger partial charge is 0.103 e. The summed E-state index contributed by atoms with van der Waals surface area (Å²) in [6.45, 7) is 13.6. The van der Waals surface area contributed by atoms with E-state index < -0.39 is 0 Å². The van der Waals surface area contributed by atoms with Crippen molar-refractivity contribution in [2.24, 2.45) is 16.7 Å². The normalized spacial score (nSPS) is 39.1. The summed E-state index contributed by atoms with van der Waals surface area (Å²) in [6.07, 6.45) is 7.53. The van der Waals surface area contributed by atoms with Crippen LogP contribution in [0.2, 0.25) is 0 Å². The van der Waals surface area contributed by atoms with Crippen LogP contribution in [0.15, 0.2) is 23.8 Å². The first-order valence-corrected chi connectivity index (χ1v) is 6.24. The molecule has 0 N–H and O–H groups in total. The molecule has 0 bridgehead atoms. The highest BCUT2D eigenvalue weighted by Crippen LogP contribution is 2.56. The zero-order chi connectivity index (χ0) is 11.3. The van der Waals surface area contributed by atoms with Crippen LogP contribution in [0.5, 0.6) is 0 Å². The average molecular weight is 204 g/mol. The minimum Gasteiger partial charge on any atom is -0.103 e. The summed E-state index contributed by atoms with van der Waals surface area (Å²) in [4.78, 5) is 0. The molecule has 84 valence electrons. The standard InChI is InChI=1S/C15H24/c1-6-15(5)10-7-12-11(2)14(3,4)9-8-13(12)15/h6,13H,1,7-10H2,2-5H3. The van der Waals surface area contributed by atoms with Gasteiger partial charge >= 0.3 is 0 Å². The lowest BCUT2D eigenvalue weighted by Crippen LogP contribution is -2.28. The van der Waals surface area contributed by atoms with Crippen molar-refractivity contribution in [1.82, 2.24) is 0 Å². The molecule has 0 amide bonds. The second-order valence-electron chi connectivity index (χ2n) is 6.34. The Labute approximate surface area is 94.5 Å². The highest BCUT2D eigenvalue weighted by Gasteiger charge is 2.44. The monoisotopic (exact) mass is 204 g/mol. The molecule has 2 aliphatic carbocycles. The van der Waals surface area contributed by atoms with Crippen LogP contribution in [-0.2, 0) is 0 Å². The zero-order valence-corrected chi connectivity index (χ0v) is 10.7. The van der Waals surface area contributed by atoms with Gasteiger partial charge in [-0.3, -0.25) is 0 Å². The van der Waals surface area contributed by atoms with E-state index in [1.807, 2.05) is 0 Å². The Hall–Kier alpha value is -0.520. The lowest BCUT2D eigenvalue weighted by molar-refractivity contribution is 0.249. The molecule has 1 saturated carbocycles. The van der Waals surface area contributed by atoms with Crippen molar-refractivity contribution in [2.75, 3.05) is 0 Å². The van der Waals surface area contributed by atoms with Gasteiger partial charge in [0.05, 0.1) is 0 Å². The smallest absolute Gasteiger partial charge is 0.00806 e. The molecule has 2 rings (SSSR count). The molecule has 0 aliphatic heterocycles. The topological polar surface area (TPSA) is 0 Å². The molecule has 0 nitrogen and oxygen atoms in total. The van der Waals surface area contributed by atoms with Gasteiger partial charge in [0.1, 0.15) is 0 Å². The summed E-state index contributed by atoms with van der Waals surface area (Å²) in [5.74, 6) is 0.794. The zero-order valence-electron chi connectivity index (χ0n) is 10.7. The van der Waals surface area contributed by atoms with Gasteiger partial charge in [-0.2, -0.15) is 0 Å². The van der Waals surface area contributed by atoms with Crippen LogP contribution < -0.4 is 0 Å². The van der Waals surface area contributed by atoms with E-state index >= 15 is 0 Å². The lowest BCUT2D eigenvalue weighted by Gasteiger charge is -2.40. The predicted octanol–water partition coefficient (Wildman–Crippen LogP) is 4.73. The van der Waals surface area contributed by atoms with Crippen molar-refractivity contribution in [2.45, 2.75) is 53.4 Å². The Balaban J connectivity index is 2.42. The molecule has 15 heavy (non-hydrogen) atoms. The van der Waals surface area contributed by atoms with Crippen molar-refractivity contribution < 1.29 is 0 Å². The summed E-state index contributed by atoms with van der Waals surface area (Å²) < 4.78 is 0. The summed E-state index contributed by atoms with van der Waals surface area (Å²) in [6, 6.07) is 0. The molecule has 0 heterocycles. The second kappa shape index (κ2) is 3.23. The van der Waals surface area contributed by atoms with Crippen molar-refractivity contribution in [3.05, 3.63) is 23.8 Å². The fraction of sp³-hybridized carbons (Fsp3) is 0.733. The van der Waals surface area contributed by atoms with Crippen LogP contribution in [0.4, 0.5) is 0 Å². The molecule has 1 fully saturated rings. The highest BCUT2D eigenvalue weighted by atomic mass is 14.5. The molecule has 0 aromatic carbocycles. The van der Waals surface area contributed by atoms with E-state index in [0.717, 1.165) is 5.92 Å². The number of hydrogen-bond acceptors (Lipinski definition) is 0. The Morgan fingerprint density at radius 2 is 1.93 bits per heavy atom. The van der Waals surface area contributed by atoms with Crippen LogP contribution in [0, 0.1) is 16.7 Å². The molecule has 2 unspecified atom stereocenters. The lowest BCUT2D eigenvalue weighted by atomic mass is 9.65. The molecule has 0 saturated heterocycles. The van der Waals surface area contributed by atoms with Crippen LogP contribution in [0.3, 0.4) is 0 Å². The van der Waals surface area contributed by atoms with Crippen LogP contribution in [-0.4, -0.2) is 0 Å². The first kappa shape index (κ1) is 11.0. The molecular formula is C15H24. The Kier molecular flexibility index (Phi) is 2.37. The first-order chi connectivity index (χ1) is 6.91. The van der Waals surface area contributed by atoms with Gasteiger partial charge in [0.15, 0.2) is 0 Å². The third-order valence-electron chi connectivity index (χ3n) is 5.17. The second-order valence-corrected chi connectivity index (χ2v) is 6.34. The summed E-state index contributed by atoms with van der Waals surface area (Å²) in [7, 11) is 0. The maximum atomic E-state index is 4.04. The molecule has 2 aliphatic rings. The first-order valence-electron chi connectivity index (χ1n) is 6.24. The minimum absolute atomic E-state index is 0.382. The Morgan fingerprint density at radius 1 is 1.27 bits per heavy atom.